The van der Waals surface area contributed by atoms with Gasteiger partial charge in [-0.15, -0.1) is 0 Å². The van der Waals surface area contributed by atoms with E-state index in [-0.39, 0.29) is 5.91 Å². The molecule has 0 aromatic heterocycles. The number of nitrogens with one attached hydrogen (secondary N) is 1. The summed E-state index contributed by atoms with van der Waals surface area (Å²) in [4.78, 5) is 15.0. The lowest BCUT2D eigenvalue weighted by molar-refractivity contribution is -0.141. The molecule has 1 saturated carbocycles. The summed E-state index contributed by atoms with van der Waals surface area (Å²) in [5.41, 5.74) is 0.608. The van der Waals surface area contributed by atoms with Crippen molar-refractivity contribution in [1.29, 1.82) is 0 Å². The molecule has 2 aliphatic rings. The summed E-state index contributed by atoms with van der Waals surface area (Å²) in [6, 6.07) is 5.91. The van der Waals surface area contributed by atoms with E-state index in [1.807, 2.05) is 24.1 Å². The second kappa shape index (κ2) is 5.79. The van der Waals surface area contributed by atoms with Gasteiger partial charge in [0.2, 0.25) is 5.91 Å². The number of carbonyl (C=O) groups excluding carboxylic acids is 1. The standard InChI is InChI=1S/C16H20Cl2N2O/c1-20(12-5-8-19-10-12)15(21)16(6-2-7-16)11-3-4-13(17)14(18)9-11/h3-4,9,12,19H,2,5-8,10H2,1H3. The molecule has 1 aliphatic heterocycles. The summed E-state index contributed by atoms with van der Waals surface area (Å²) in [7, 11) is 1.93. The molecular weight excluding hydrogens is 307 g/mol. The van der Waals surface area contributed by atoms with Crippen molar-refractivity contribution in [3.63, 3.8) is 0 Å². The van der Waals surface area contributed by atoms with E-state index >= 15 is 0 Å². The minimum absolute atomic E-state index is 0.223. The number of hydrogen-bond acceptors (Lipinski definition) is 2. The van der Waals surface area contributed by atoms with Crippen LogP contribution in [0.15, 0.2) is 18.2 Å². The number of likely N-dealkylation sites (N-methyl/N-ethyl adjacent to an activating group) is 1. The van der Waals surface area contributed by atoms with Crippen LogP contribution in [0.3, 0.4) is 0 Å². The Labute approximate surface area is 135 Å². The summed E-state index contributed by atoms with van der Waals surface area (Å²) in [5.74, 6) is 0.223. The molecule has 1 unspecified atom stereocenters. The molecule has 1 aliphatic carbocycles. The predicted octanol–water partition coefficient (Wildman–Crippen LogP) is 3.24. The van der Waals surface area contributed by atoms with Crippen LogP contribution in [-0.2, 0) is 10.2 Å². The fraction of sp³-hybridized carbons (Fsp3) is 0.562. The maximum atomic E-state index is 13.1. The minimum Gasteiger partial charge on any atom is -0.341 e. The Morgan fingerprint density at radius 1 is 1.33 bits per heavy atom. The van der Waals surface area contributed by atoms with E-state index in [9.17, 15) is 4.79 Å². The molecule has 1 aromatic rings. The molecule has 1 saturated heterocycles. The van der Waals surface area contributed by atoms with Gasteiger partial charge >= 0.3 is 0 Å². The van der Waals surface area contributed by atoms with Crippen molar-refractivity contribution in [2.45, 2.75) is 37.1 Å². The first-order chi connectivity index (χ1) is 10.0. The second-order valence-corrected chi connectivity index (χ2v) is 6.94. The topological polar surface area (TPSA) is 32.3 Å². The Hall–Kier alpha value is -0.770. The van der Waals surface area contributed by atoms with E-state index < -0.39 is 5.41 Å². The number of nitrogens with zero attached hydrogens (tertiary/aromatic N) is 1. The van der Waals surface area contributed by atoms with E-state index in [1.54, 1.807) is 6.07 Å². The van der Waals surface area contributed by atoms with E-state index in [0.29, 0.717) is 16.1 Å². The molecule has 1 N–H and O–H groups in total. The Morgan fingerprint density at radius 2 is 2.10 bits per heavy atom. The average molecular weight is 327 g/mol. The Bertz CT molecular complexity index is 551. The molecule has 0 bridgehead atoms. The third-order valence-electron chi connectivity index (χ3n) is 4.99. The van der Waals surface area contributed by atoms with Gasteiger partial charge in [0.1, 0.15) is 0 Å². The van der Waals surface area contributed by atoms with Gasteiger partial charge in [0.15, 0.2) is 0 Å². The van der Waals surface area contributed by atoms with Crippen molar-refractivity contribution in [3.05, 3.63) is 33.8 Å². The highest BCUT2D eigenvalue weighted by Gasteiger charge is 2.48. The van der Waals surface area contributed by atoms with Crippen molar-refractivity contribution < 1.29 is 4.79 Å². The molecule has 3 rings (SSSR count). The maximum Gasteiger partial charge on any atom is 0.233 e. The number of benzene rings is 1. The number of halogens is 2. The van der Waals surface area contributed by atoms with E-state index in [1.165, 1.54) is 0 Å². The highest BCUT2D eigenvalue weighted by Crippen LogP contribution is 2.46. The van der Waals surface area contributed by atoms with Crippen molar-refractivity contribution >= 4 is 29.1 Å². The number of amides is 1. The van der Waals surface area contributed by atoms with Crippen molar-refractivity contribution in [2.75, 3.05) is 20.1 Å². The highest BCUT2D eigenvalue weighted by molar-refractivity contribution is 6.42. The zero-order valence-electron chi connectivity index (χ0n) is 12.2. The molecule has 5 heteroatoms. The van der Waals surface area contributed by atoms with Gasteiger partial charge in [0, 0.05) is 19.6 Å². The molecule has 114 valence electrons. The fourth-order valence-electron chi connectivity index (χ4n) is 3.42. The van der Waals surface area contributed by atoms with Gasteiger partial charge in [0.05, 0.1) is 15.5 Å². The molecule has 3 nitrogen and oxygen atoms in total. The van der Waals surface area contributed by atoms with Crippen LogP contribution in [0, 0.1) is 0 Å². The molecule has 1 aromatic carbocycles. The number of rotatable bonds is 3. The van der Waals surface area contributed by atoms with Gasteiger partial charge in [-0.3, -0.25) is 4.79 Å². The van der Waals surface area contributed by atoms with Crippen molar-refractivity contribution in [3.8, 4) is 0 Å². The number of hydrogen-bond donors (Lipinski definition) is 1. The molecule has 1 amide bonds. The zero-order chi connectivity index (χ0) is 15.0. The summed E-state index contributed by atoms with van der Waals surface area (Å²) >= 11 is 12.1. The van der Waals surface area contributed by atoms with Gasteiger partial charge in [-0.1, -0.05) is 35.7 Å². The quantitative estimate of drug-likeness (QED) is 0.924. The van der Waals surface area contributed by atoms with Gasteiger partial charge < -0.3 is 10.2 Å². The first-order valence-corrected chi connectivity index (χ1v) is 8.24. The molecular formula is C16H20Cl2N2O. The molecule has 21 heavy (non-hydrogen) atoms. The van der Waals surface area contributed by atoms with Crippen LogP contribution in [0.5, 0.6) is 0 Å². The SMILES string of the molecule is CN(C(=O)C1(c2ccc(Cl)c(Cl)c2)CCC1)C1CCNC1. The molecule has 2 fully saturated rings. The van der Waals surface area contributed by atoms with Crippen LogP contribution < -0.4 is 5.32 Å². The van der Waals surface area contributed by atoms with Gasteiger partial charge in [-0.2, -0.15) is 0 Å². The van der Waals surface area contributed by atoms with Gasteiger partial charge in [-0.25, -0.2) is 0 Å². The Kier molecular flexibility index (Phi) is 4.17. The minimum atomic E-state index is -0.397. The first-order valence-electron chi connectivity index (χ1n) is 7.48. The summed E-state index contributed by atoms with van der Waals surface area (Å²) in [6.45, 7) is 1.88. The van der Waals surface area contributed by atoms with Crippen LogP contribution in [0.2, 0.25) is 10.0 Å². The Balaban J connectivity index is 1.88. The first kappa shape index (κ1) is 15.1. The van der Waals surface area contributed by atoms with E-state index in [2.05, 4.69) is 5.32 Å². The third kappa shape index (κ3) is 2.56. The molecule has 0 radical (unpaired) electrons. The predicted molar refractivity (Wildman–Crippen MR) is 86.0 cm³/mol. The van der Waals surface area contributed by atoms with Gasteiger partial charge in [-0.05, 0) is 43.5 Å². The lowest BCUT2D eigenvalue weighted by Crippen LogP contribution is -2.53. The lowest BCUT2D eigenvalue weighted by Gasteiger charge is -2.44. The van der Waals surface area contributed by atoms with Crippen LogP contribution in [0.25, 0.3) is 0 Å². The summed E-state index contributed by atoms with van der Waals surface area (Å²) in [6.07, 6.45) is 3.91. The van der Waals surface area contributed by atoms with Crippen molar-refractivity contribution in [1.82, 2.24) is 10.2 Å². The smallest absolute Gasteiger partial charge is 0.233 e. The van der Waals surface area contributed by atoms with Crippen LogP contribution in [0.4, 0.5) is 0 Å². The van der Waals surface area contributed by atoms with Crippen LogP contribution in [0.1, 0.15) is 31.2 Å². The summed E-state index contributed by atoms with van der Waals surface area (Å²) in [5, 5.41) is 4.38. The van der Waals surface area contributed by atoms with E-state index in [0.717, 1.165) is 44.3 Å². The zero-order valence-corrected chi connectivity index (χ0v) is 13.7. The van der Waals surface area contributed by atoms with Crippen LogP contribution in [-0.4, -0.2) is 37.0 Å². The maximum absolute atomic E-state index is 13.1. The number of carbonyl (C=O) groups is 1. The monoisotopic (exact) mass is 326 g/mol. The largest absolute Gasteiger partial charge is 0.341 e. The summed E-state index contributed by atoms with van der Waals surface area (Å²) < 4.78 is 0. The average Bonchev–Trinajstić information content (AvgIpc) is 2.94. The third-order valence-corrected chi connectivity index (χ3v) is 5.73. The Morgan fingerprint density at radius 3 is 2.62 bits per heavy atom. The normalized spacial score (nSPS) is 23.7. The molecule has 0 spiro atoms. The highest BCUT2D eigenvalue weighted by atomic mass is 35.5. The fourth-order valence-corrected chi connectivity index (χ4v) is 3.72. The van der Waals surface area contributed by atoms with Crippen LogP contribution >= 0.6 is 23.2 Å². The van der Waals surface area contributed by atoms with Gasteiger partial charge in [0.25, 0.3) is 0 Å². The molecule has 1 heterocycles. The van der Waals surface area contributed by atoms with E-state index in [4.69, 9.17) is 23.2 Å². The lowest BCUT2D eigenvalue weighted by atomic mass is 9.63. The van der Waals surface area contributed by atoms with Crippen molar-refractivity contribution in [2.24, 2.45) is 0 Å². The second-order valence-electron chi connectivity index (χ2n) is 6.13. The molecule has 1 atom stereocenters.